The highest BCUT2D eigenvalue weighted by Gasteiger charge is 2.00. The average Bonchev–Trinajstić information content (AvgIpc) is 2.63. The van der Waals surface area contributed by atoms with E-state index in [4.69, 9.17) is 10.2 Å². The lowest BCUT2D eigenvalue weighted by atomic mass is 10.3. The Morgan fingerprint density at radius 3 is 3.00 bits per heavy atom. The third-order valence-corrected chi connectivity index (χ3v) is 1.61. The molecule has 0 atom stereocenters. The van der Waals surface area contributed by atoms with Crippen molar-refractivity contribution in [2.75, 3.05) is 11.1 Å². The van der Waals surface area contributed by atoms with Gasteiger partial charge < -0.3 is 15.5 Å². The van der Waals surface area contributed by atoms with E-state index in [9.17, 15) is 0 Å². The molecule has 0 aromatic carbocycles. The van der Waals surface area contributed by atoms with Crippen molar-refractivity contribution in [3.8, 4) is 0 Å². The average molecular weight is 191 g/mol. The Bertz CT molecular complexity index is 399. The third kappa shape index (κ3) is 1.98. The molecule has 0 amide bonds. The number of hydrogen-bond donors (Lipinski definition) is 2. The topological polar surface area (TPSA) is 89.9 Å². The Labute approximate surface area is 80.2 Å². The molecule has 6 nitrogen and oxygen atoms in total. The maximum Gasteiger partial charge on any atom is 0.317 e. The molecule has 0 bridgehead atoms. The maximum atomic E-state index is 5.25. The zero-order chi connectivity index (χ0) is 9.80. The Morgan fingerprint density at radius 2 is 2.36 bits per heavy atom. The smallest absolute Gasteiger partial charge is 0.317 e. The van der Waals surface area contributed by atoms with Crippen molar-refractivity contribution in [2.24, 2.45) is 0 Å². The summed E-state index contributed by atoms with van der Waals surface area (Å²) in [5.41, 5.74) is 6.29. The number of hydrogen-bond acceptors (Lipinski definition) is 6. The third-order valence-electron chi connectivity index (χ3n) is 1.61. The summed E-state index contributed by atoms with van der Waals surface area (Å²) in [6.07, 6.45) is 3.47. The van der Waals surface area contributed by atoms with Gasteiger partial charge in [-0.25, -0.2) is 0 Å². The summed E-state index contributed by atoms with van der Waals surface area (Å²) in [7, 11) is 0. The number of nitrogens with two attached hydrogens (primary N) is 1. The molecular weight excluding hydrogens is 182 g/mol. The van der Waals surface area contributed by atoms with Crippen LogP contribution < -0.4 is 11.1 Å². The summed E-state index contributed by atoms with van der Waals surface area (Å²) in [4.78, 5) is 3.97. The van der Waals surface area contributed by atoms with Crippen LogP contribution in [-0.4, -0.2) is 15.2 Å². The number of nitrogens with one attached hydrogen (secondary N) is 1. The van der Waals surface area contributed by atoms with Gasteiger partial charge in [0.15, 0.2) is 0 Å². The number of aromatic nitrogens is 3. The Balaban J connectivity index is 1.95. The summed E-state index contributed by atoms with van der Waals surface area (Å²) in [6.45, 7) is 0.579. The molecular formula is C8H9N5O. The molecule has 0 saturated carbocycles. The summed E-state index contributed by atoms with van der Waals surface area (Å²) in [5.74, 6) is 0. The molecule has 0 aliphatic rings. The van der Waals surface area contributed by atoms with E-state index in [0.717, 1.165) is 5.56 Å². The quantitative estimate of drug-likeness (QED) is 0.740. The van der Waals surface area contributed by atoms with E-state index in [0.29, 0.717) is 12.6 Å². The lowest BCUT2D eigenvalue weighted by molar-refractivity contribution is 0.586. The number of pyridine rings is 1. The monoisotopic (exact) mass is 191 g/mol. The van der Waals surface area contributed by atoms with Crippen molar-refractivity contribution in [3.05, 3.63) is 30.1 Å². The SMILES string of the molecule is Nc1nnc(NCc2cccnc2)o1. The highest BCUT2D eigenvalue weighted by atomic mass is 16.4. The first-order valence-electron chi connectivity index (χ1n) is 4.06. The molecule has 2 rings (SSSR count). The number of rotatable bonds is 3. The first-order valence-corrected chi connectivity index (χ1v) is 4.06. The van der Waals surface area contributed by atoms with E-state index in [1.807, 2.05) is 12.1 Å². The van der Waals surface area contributed by atoms with E-state index in [1.54, 1.807) is 12.4 Å². The molecule has 2 aromatic rings. The first kappa shape index (κ1) is 8.49. The second kappa shape index (κ2) is 3.73. The van der Waals surface area contributed by atoms with Gasteiger partial charge in [-0.3, -0.25) is 4.98 Å². The fourth-order valence-electron chi connectivity index (χ4n) is 0.986. The Hall–Kier alpha value is -2.11. The van der Waals surface area contributed by atoms with E-state index < -0.39 is 0 Å². The van der Waals surface area contributed by atoms with Gasteiger partial charge in [-0.15, -0.1) is 0 Å². The van der Waals surface area contributed by atoms with Crippen molar-refractivity contribution in [2.45, 2.75) is 6.54 Å². The van der Waals surface area contributed by atoms with Crippen molar-refractivity contribution in [1.29, 1.82) is 0 Å². The molecule has 14 heavy (non-hydrogen) atoms. The maximum absolute atomic E-state index is 5.25. The van der Waals surface area contributed by atoms with Crippen LogP contribution in [0.5, 0.6) is 0 Å². The van der Waals surface area contributed by atoms with Crippen molar-refractivity contribution >= 4 is 12.0 Å². The van der Waals surface area contributed by atoms with Crippen LogP contribution in [0.4, 0.5) is 12.0 Å². The molecule has 72 valence electrons. The van der Waals surface area contributed by atoms with Crippen LogP contribution in [0.2, 0.25) is 0 Å². The van der Waals surface area contributed by atoms with Crippen LogP contribution in [0.3, 0.4) is 0 Å². The van der Waals surface area contributed by atoms with E-state index in [-0.39, 0.29) is 6.01 Å². The standard InChI is InChI=1S/C8H9N5O/c9-7-12-13-8(14-7)11-5-6-2-1-3-10-4-6/h1-4H,5H2,(H2,9,12)(H,11,13). The second-order valence-electron chi connectivity index (χ2n) is 2.66. The van der Waals surface area contributed by atoms with Crippen LogP contribution in [0, 0.1) is 0 Å². The molecule has 0 spiro atoms. The van der Waals surface area contributed by atoms with E-state index in [1.165, 1.54) is 0 Å². The molecule has 0 saturated heterocycles. The van der Waals surface area contributed by atoms with Gasteiger partial charge in [0, 0.05) is 18.9 Å². The predicted molar refractivity (Wildman–Crippen MR) is 50.3 cm³/mol. The lowest BCUT2D eigenvalue weighted by Gasteiger charge is -1.99. The van der Waals surface area contributed by atoms with Gasteiger partial charge in [0.2, 0.25) is 0 Å². The minimum atomic E-state index is 0.0543. The molecule has 0 unspecified atom stereocenters. The van der Waals surface area contributed by atoms with Crippen LogP contribution in [0.1, 0.15) is 5.56 Å². The summed E-state index contributed by atoms with van der Waals surface area (Å²) < 4.78 is 4.93. The lowest BCUT2D eigenvalue weighted by Crippen LogP contribution is -1.99. The highest BCUT2D eigenvalue weighted by Crippen LogP contribution is 2.07. The summed E-state index contributed by atoms with van der Waals surface area (Å²) >= 11 is 0. The van der Waals surface area contributed by atoms with Gasteiger partial charge >= 0.3 is 12.0 Å². The van der Waals surface area contributed by atoms with Gasteiger partial charge in [0.05, 0.1) is 0 Å². The molecule has 0 radical (unpaired) electrons. The van der Waals surface area contributed by atoms with Crippen LogP contribution in [0.15, 0.2) is 28.9 Å². The largest absolute Gasteiger partial charge is 0.390 e. The zero-order valence-electron chi connectivity index (χ0n) is 7.34. The van der Waals surface area contributed by atoms with Gasteiger partial charge in [0.1, 0.15) is 0 Å². The molecule has 2 heterocycles. The van der Waals surface area contributed by atoms with Gasteiger partial charge in [-0.05, 0) is 11.6 Å². The van der Waals surface area contributed by atoms with Gasteiger partial charge in [-0.2, -0.15) is 0 Å². The first-order chi connectivity index (χ1) is 6.84. The van der Waals surface area contributed by atoms with Crippen LogP contribution in [-0.2, 0) is 6.54 Å². The summed E-state index contributed by atoms with van der Waals surface area (Å²) in [6, 6.07) is 4.17. The minimum absolute atomic E-state index is 0.0543. The predicted octanol–water partition coefficient (Wildman–Crippen LogP) is 0.659. The van der Waals surface area contributed by atoms with Crippen molar-refractivity contribution < 1.29 is 4.42 Å². The molecule has 0 fully saturated rings. The van der Waals surface area contributed by atoms with Crippen LogP contribution in [0.25, 0.3) is 0 Å². The fraction of sp³-hybridized carbons (Fsp3) is 0.125. The van der Waals surface area contributed by atoms with Gasteiger partial charge in [-0.1, -0.05) is 16.3 Å². The Kier molecular flexibility index (Phi) is 2.26. The molecule has 3 N–H and O–H groups in total. The van der Waals surface area contributed by atoms with E-state index >= 15 is 0 Å². The van der Waals surface area contributed by atoms with E-state index in [2.05, 4.69) is 20.5 Å². The zero-order valence-corrected chi connectivity index (χ0v) is 7.34. The molecule has 0 aliphatic heterocycles. The van der Waals surface area contributed by atoms with Crippen molar-refractivity contribution in [3.63, 3.8) is 0 Å². The second-order valence-corrected chi connectivity index (χ2v) is 2.66. The van der Waals surface area contributed by atoms with Crippen LogP contribution >= 0.6 is 0 Å². The molecule has 6 heteroatoms. The van der Waals surface area contributed by atoms with Crippen molar-refractivity contribution in [1.82, 2.24) is 15.2 Å². The number of nitrogens with zero attached hydrogens (tertiary/aromatic N) is 3. The fourth-order valence-corrected chi connectivity index (χ4v) is 0.986. The minimum Gasteiger partial charge on any atom is -0.390 e. The normalized spacial score (nSPS) is 10.0. The molecule has 2 aromatic heterocycles. The Morgan fingerprint density at radius 1 is 1.43 bits per heavy atom. The summed E-state index contributed by atoms with van der Waals surface area (Å²) in [5, 5.41) is 10.1. The number of nitrogen functional groups attached to an aromatic ring is 1. The highest BCUT2D eigenvalue weighted by molar-refractivity contribution is 5.24. The number of anilines is 2. The van der Waals surface area contributed by atoms with Gasteiger partial charge in [0.25, 0.3) is 0 Å². The molecule has 0 aliphatic carbocycles.